The molecular formula is C14H23N3O. The van der Waals surface area contributed by atoms with Gasteiger partial charge in [-0.25, -0.2) is 0 Å². The summed E-state index contributed by atoms with van der Waals surface area (Å²) in [5, 5.41) is 3.20. The quantitative estimate of drug-likeness (QED) is 0.830. The first-order valence-corrected chi connectivity index (χ1v) is 6.71. The normalized spacial score (nSPS) is 15.1. The van der Waals surface area contributed by atoms with Crippen molar-refractivity contribution in [2.45, 2.75) is 45.3 Å². The van der Waals surface area contributed by atoms with Crippen molar-refractivity contribution in [1.29, 1.82) is 0 Å². The number of hydrogen-bond donors (Lipinski definition) is 1. The molecule has 1 amide bonds. The van der Waals surface area contributed by atoms with Gasteiger partial charge in [0, 0.05) is 31.0 Å². The largest absolute Gasteiger partial charge is 0.353 e. The molecule has 0 radical (unpaired) electrons. The molecule has 0 atom stereocenters. The first kappa shape index (κ1) is 13.1. The van der Waals surface area contributed by atoms with Crippen molar-refractivity contribution >= 4 is 5.91 Å². The van der Waals surface area contributed by atoms with Crippen LogP contribution in [0.2, 0.25) is 0 Å². The number of carbonyl (C=O) groups is 1. The molecular weight excluding hydrogens is 226 g/mol. The average Bonchev–Trinajstić information content (AvgIpc) is 3.08. The summed E-state index contributed by atoms with van der Waals surface area (Å²) in [5.74, 6) is 0.215. The fourth-order valence-corrected chi connectivity index (χ4v) is 2.04. The summed E-state index contributed by atoms with van der Waals surface area (Å²) in [6, 6.07) is 4.92. The molecule has 0 saturated heterocycles. The van der Waals surface area contributed by atoms with Gasteiger partial charge >= 0.3 is 0 Å². The van der Waals surface area contributed by atoms with E-state index in [-0.39, 0.29) is 5.91 Å². The summed E-state index contributed by atoms with van der Waals surface area (Å²) in [4.78, 5) is 14.2. The Labute approximate surface area is 109 Å². The summed E-state index contributed by atoms with van der Waals surface area (Å²) < 4.78 is 2.08. The molecule has 0 bridgehead atoms. The SMILES string of the molecule is CC(C)NCC(=O)N(Cc1cccn1C)C1CC1. The molecule has 1 fully saturated rings. The van der Waals surface area contributed by atoms with Gasteiger partial charge in [-0.2, -0.15) is 0 Å². The molecule has 1 saturated carbocycles. The summed E-state index contributed by atoms with van der Waals surface area (Å²) >= 11 is 0. The lowest BCUT2D eigenvalue weighted by Gasteiger charge is -2.23. The van der Waals surface area contributed by atoms with Gasteiger partial charge < -0.3 is 14.8 Å². The van der Waals surface area contributed by atoms with Crippen LogP contribution in [-0.2, 0) is 18.4 Å². The Morgan fingerprint density at radius 3 is 2.78 bits per heavy atom. The Balaban J connectivity index is 1.96. The third-order valence-electron chi connectivity index (χ3n) is 3.35. The van der Waals surface area contributed by atoms with Gasteiger partial charge in [-0.05, 0) is 25.0 Å². The molecule has 1 heterocycles. The van der Waals surface area contributed by atoms with Gasteiger partial charge in [-0.1, -0.05) is 13.8 Å². The number of nitrogens with one attached hydrogen (secondary N) is 1. The molecule has 4 nitrogen and oxygen atoms in total. The molecule has 4 heteroatoms. The van der Waals surface area contributed by atoms with E-state index in [2.05, 4.69) is 29.8 Å². The van der Waals surface area contributed by atoms with Crippen molar-refractivity contribution in [3.63, 3.8) is 0 Å². The lowest BCUT2D eigenvalue weighted by Crippen LogP contribution is -2.41. The van der Waals surface area contributed by atoms with E-state index in [1.165, 1.54) is 5.69 Å². The number of aromatic nitrogens is 1. The summed E-state index contributed by atoms with van der Waals surface area (Å²) in [7, 11) is 2.03. The molecule has 18 heavy (non-hydrogen) atoms. The maximum Gasteiger partial charge on any atom is 0.237 e. The van der Waals surface area contributed by atoms with Crippen LogP contribution in [0.15, 0.2) is 18.3 Å². The van der Waals surface area contributed by atoms with Gasteiger partial charge in [0.25, 0.3) is 0 Å². The van der Waals surface area contributed by atoms with E-state index in [0.717, 1.165) is 19.4 Å². The van der Waals surface area contributed by atoms with Crippen LogP contribution < -0.4 is 5.32 Å². The van der Waals surface area contributed by atoms with Crippen molar-refractivity contribution in [3.8, 4) is 0 Å². The highest BCUT2D eigenvalue weighted by Crippen LogP contribution is 2.28. The van der Waals surface area contributed by atoms with Gasteiger partial charge in [0.05, 0.1) is 13.1 Å². The Hall–Kier alpha value is -1.29. The minimum Gasteiger partial charge on any atom is -0.353 e. The van der Waals surface area contributed by atoms with Gasteiger partial charge in [-0.3, -0.25) is 4.79 Å². The Morgan fingerprint density at radius 2 is 2.28 bits per heavy atom. The van der Waals surface area contributed by atoms with Crippen molar-refractivity contribution in [2.24, 2.45) is 7.05 Å². The zero-order chi connectivity index (χ0) is 13.1. The lowest BCUT2D eigenvalue weighted by atomic mass is 10.3. The van der Waals surface area contributed by atoms with E-state index in [1.54, 1.807) is 0 Å². The standard InChI is InChI=1S/C14H23N3O/c1-11(2)15-9-14(18)17(12-6-7-12)10-13-5-4-8-16(13)3/h4-5,8,11-12,15H,6-7,9-10H2,1-3H3. The van der Waals surface area contributed by atoms with E-state index in [1.807, 2.05) is 24.2 Å². The van der Waals surface area contributed by atoms with Gasteiger partial charge in [-0.15, -0.1) is 0 Å². The number of amides is 1. The Bertz CT molecular complexity index is 407. The highest BCUT2D eigenvalue weighted by Gasteiger charge is 2.32. The number of hydrogen-bond acceptors (Lipinski definition) is 2. The second-order valence-electron chi connectivity index (χ2n) is 5.40. The molecule has 2 rings (SSSR count). The predicted molar refractivity (Wildman–Crippen MR) is 72.1 cm³/mol. The second kappa shape index (κ2) is 5.57. The summed E-state index contributed by atoms with van der Waals surface area (Å²) in [5.41, 5.74) is 1.19. The van der Waals surface area contributed by atoms with E-state index in [9.17, 15) is 4.79 Å². The van der Waals surface area contributed by atoms with E-state index < -0.39 is 0 Å². The molecule has 1 N–H and O–H groups in total. The first-order chi connectivity index (χ1) is 8.58. The fraction of sp³-hybridized carbons (Fsp3) is 0.643. The van der Waals surface area contributed by atoms with Gasteiger partial charge in [0.1, 0.15) is 0 Å². The van der Waals surface area contributed by atoms with Crippen LogP contribution in [0.3, 0.4) is 0 Å². The van der Waals surface area contributed by atoms with Crippen molar-refractivity contribution in [3.05, 3.63) is 24.0 Å². The Kier molecular flexibility index (Phi) is 4.07. The van der Waals surface area contributed by atoms with Crippen LogP contribution in [0.1, 0.15) is 32.4 Å². The molecule has 100 valence electrons. The second-order valence-corrected chi connectivity index (χ2v) is 5.40. The van der Waals surface area contributed by atoms with Crippen molar-refractivity contribution < 1.29 is 4.79 Å². The molecule has 1 aliphatic carbocycles. The predicted octanol–water partition coefficient (Wildman–Crippen LogP) is 1.51. The van der Waals surface area contributed by atoms with Gasteiger partial charge in [0.15, 0.2) is 0 Å². The molecule has 1 aromatic rings. The number of nitrogens with zero attached hydrogens (tertiary/aromatic N) is 2. The van der Waals surface area contributed by atoms with Crippen LogP contribution in [-0.4, -0.2) is 34.0 Å². The number of carbonyl (C=O) groups excluding carboxylic acids is 1. The van der Waals surface area contributed by atoms with E-state index in [0.29, 0.717) is 18.6 Å². The Morgan fingerprint density at radius 1 is 1.56 bits per heavy atom. The van der Waals surface area contributed by atoms with E-state index in [4.69, 9.17) is 0 Å². The summed E-state index contributed by atoms with van der Waals surface area (Å²) in [6.45, 7) is 5.29. The molecule has 0 spiro atoms. The topological polar surface area (TPSA) is 37.3 Å². The van der Waals surface area contributed by atoms with Crippen LogP contribution in [0.4, 0.5) is 0 Å². The van der Waals surface area contributed by atoms with Gasteiger partial charge in [0.2, 0.25) is 5.91 Å². The molecule has 0 aromatic carbocycles. The zero-order valence-corrected chi connectivity index (χ0v) is 11.5. The van der Waals surface area contributed by atoms with Crippen LogP contribution in [0.5, 0.6) is 0 Å². The lowest BCUT2D eigenvalue weighted by molar-refractivity contribution is -0.131. The monoisotopic (exact) mass is 249 g/mol. The average molecular weight is 249 g/mol. The van der Waals surface area contributed by atoms with E-state index >= 15 is 0 Å². The molecule has 0 unspecified atom stereocenters. The van der Waals surface area contributed by atoms with Crippen LogP contribution >= 0.6 is 0 Å². The molecule has 0 aliphatic heterocycles. The fourth-order valence-electron chi connectivity index (χ4n) is 2.04. The molecule has 1 aliphatic rings. The number of rotatable bonds is 6. The van der Waals surface area contributed by atoms with Crippen molar-refractivity contribution in [2.75, 3.05) is 6.54 Å². The minimum absolute atomic E-state index is 0.215. The maximum absolute atomic E-state index is 12.2. The highest BCUT2D eigenvalue weighted by atomic mass is 16.2. The maximum atomic E-state index is 12.2. The zero-order valence-electron chi connectivity index (χ0n) is 11.5. The molecule has 1 aromatic heterocycles. The minimum atomic E-state index is 0.215. The van der Waals surface area contributed by atoms with Crippen molar-refractivity contribution in [1.82, 2.24) is 14.8 Å². The number of aryl methyl sites for hydroxylation is 1. The first-order valence-electron chi connectivity index (χ1n) is 6.71. The third kappa shape index (κ3) is 3.35. The summed E-state index contributed by atoms with van der Waals surface area (Å²) in [6.07, 6.45) is 4.33. The smallest absolute Gasteiger partial charge is 0.237 e. The van der Waals surface area contributed by atoms with Crippen LogP contribution in [0, 0.1) is 0 Å². The van der Waals surface area contributed by atoms with Crippen LogP contribution in [0.25, 0.3) is 0 Å². The third-order valence-corrected chi connectivity index (χ3v) is 3.35. The highest BCUT2D eigenvalue weighted by molar-refractivity contribution is 5.79.